The lowest BCUT2D eigenvalue weighted by atomic mass is 10.1. The lowest BCUT2D eigenvalue weighted by Crippen LogP contribution is -2.24. The molecule has 0 spiro atoms. The number of ketones is 1. The van der Waals surface area contributed by atoms with Gasteiger partial charge in [-0.1, -0.05) is 36.4 Å². The topological polar surface area (TPSA) is 69.7 Å². The fourth-order valence-electron chi connectivity index (χ4n) is 1.39. The maximum atomic E-state index is 11.8. The largest absolute Gasteiger partial charge is 0.468 e. The van der Waals surface area contributed by atoms with Crippen LogP contribution < -0.4 is 0 Å². The molecule has 1 rings (SSSR count). The molecule has 0 heterocycles. The van der Waals surface area contributed by atoms with E-state index >= 15 is 0 Å². The van der Waals surface area contributed by atoms with Crippen LogP contribution in [-0.2, 0) is 19.1 Å². The molecule has 1 aromatic rings. The highest BCUT2D eigenvalue weighted by molar-refractivity contribution is 6.06. The van der Waals surface area contributed by atoms with Crippen molar-refractivity contribution >= 4 is 17.7 Å². The molecule has 0 radical (unpaired) electrons. The summed E-state index contributed by atoms with van der Waals surface area (Å²) in [6, 6.07) is 8.50. The molecular weight excluding hydrogens is 248 g/mol. The van der Waals surface area contributed by atoms with Gasteiger partial charge >= 0.3 is 11.9 Å². The first kappa shape index (κ1) is 14.6. The summed E-state index contributed by atoms with van der Waals surface area (Å²) in [7, 11) is 2.32. The summed E-state index contributed by atoms with van der Waals surface area (Å²) in [6.45, 7) is 0. The maximum absolute atomic E-state index is 11.8. The van der Waals surface area contributed by atoms with E-state index < -0.39 is 17.9 Å². The van der Waals surface area contributed by atoms with Crippen molar-refractivity contribution in [2.45, 2.75) is 0 Å². The van der Waals surface area contributed by atoms with Gasteiger partial charge in [0, 0.05) is 5.56 Å². The Morgan fingerprint density at radius 2 is 1.53 bits per heavy atom. The normalized spacial score (nSPS) is 10.5. The molecule has 1 aromatic carbocycles. The minimum absolute atomic E-state index is 0.307. The quantitative estimate of drug-likeness (QED) is 0.347. The fourth-order valence-corrected chi connectivity index (χ4v) is 1.39. The van der Waals surface area contributed by atoms with Gasteiger partial charge in [0.05, 0.1) is 14.2 Å². The Kier molecular flexibility index (Phi) is 5.47. The zero-order valence-corrected chi connectivity index (χ0v) is 10.7. The van der Waals surface area contributed by atoms with Gasteiger partial charge in [0.1, 0.15) is 0 Å². The van der Waals surface area contributed by atoms with Crippen LogP contribution in [0, 0.1) is 5.92 Å². The number of allylic oxidation sites excluding steroid dienone is 1. The summed E-state index contributed by atoms with van der Waals surface area (Å²) in [5, 5.41) is 0. The van der Waals surface area contributed by atoms with Gasteiger partial charge in [-0.15, -0.1) is 0 Å². The number of carbonyl (C=O) groups excluding carboxylic acids is 3. The summed E-state index contributed by atoms with van der Waals surface area (Å²) in [5.74, 6) is -3.09. The third-order valence-electron chi connectivity index (χ3n) is 2.41. The van der Waals surface area contributed by atoms with Crippen LogP contribution in [0.1, 0.15) is 10.4 Å². The number of rotatable bonds is 5. The second-order valence-corrected chi connectivity index (χ2v) is 3.61. The summed E-state index contributed by atoms with van der Waals surface area (Å²) < 4.78 is 8.94. The molecule has 0 aliphatic rings. The van der Waals surface area contributed by atoms with Crippen molar-refractivity contribution in [2.75, 3.05) is 14.2 Å². The van der Waals surface area contributed by atoms with Gasteiger partial charge in [-0.05, 0) is 6.08 Å². The van der Waals surface area contributed by atoms with Gasteiger partial charge in [0.15, 0.2) is 11.7 Å². The number of ether oxygens (including phenoxy) is 2. The van der Waals surface area contributed by atoms with Crippen molar-refractivity contribution in [3.05, 3.63) is 48.0 Å². The van der Waals surface area contributed by atoms with Crippen LogP contribution in [0.15, 0.2) is 42.5 Å². The molecule has 0 fully saturated rings. The number of carbonyl (C=O) groups is 3. The number of esters is 2. The molecule has 5 nitrogen and oxygen atoms in total. The molecular formula is C14H14O5. The lowest BCUT2D eigenvalue weighted by Gasteiger charge is -2.07. The number of benzene rings is 1. The average molecular weight is 262 g/mol. The van der Waals surface area contributed by atoms with Crippen molar-refractivity contribution in [1.29, 1.82) is 0 Å². The van der Waals surface area contributed by atoms with Crippen LogP contribution in [0.2, 0.25) is 0 Å². The number of methoxy groups -OCH3 is 2. The predicted octanol–water partition coefficient (Wildman–Crippen LogP) is 1.39. The Hall–Kier alpha value is -2.43. The van der Waals surface area contributed by atoms with Crippen LogP contribution in [-0.4, -0.2) is 31.9 Å². The molecule has 0 atom stereocenters. The van der Waals surface area contributed by atoms with Crippen LogP contribution in [0.25, 0.3) is 0 Å². The Morgan fingerprint density at radius 1 is 1.00 bits per heavy atom. The highest BCUT2D eigenvalue weighted by Crippen LogP contribution is 2.07. The van der Waals surface area contributed by atoms with Crippen LogP contribution >= 0.6 is 0 Å². The molecule has 0 aliphatic heterocycles. The Balaban J connectivity index is 2.85. The molecule has 0 unspecified atom stereocenters. The van der Waals surface area contributed by atoms with E-state index in [4.69, 9.17) is 0 Å². The number of hydrogen-bond acceptors (Lipinski definition) is 5. The molecule has 0 amide bonds. The number of hydrogen-bond donors (Lipinski definition) is 0. The SMILES string of the molecule is COC(=O)C(/C=C/C(=O)c1ccccc1)C(=O)OC. The van der Waals surface area contributed by atoms with E-state index in [1.165, 1.54) is 6.08 Å². The summed E-state index contributed by atoms with van der Waals surface area (Å²) in [6.07, 6.45) is 2.33. The third kappa shape index (κ3) is 4.06. The van der Waals surface area contributed by atoms with E-state index in [1.807, 2.05) is 0 Å². The molecule has 0 aliphatic carbocycles. The van der Waals surface area contributed by atoms with Crippen LogP contribution in [0.4, 0.5) is 0 Å². The van der Waals surface area contributed by atoms with E-state index in [-0.39, 0.29) is 5.78 Å². The molecule has 0 saturated heterocycles. The first-order valence-corrected chi connectivity index (χ1v) is 5.53. The molecule has 5 heteroatoms. The predicted molar refractivity (Wildman–Crippen MR) is 67.4 cm³/mol. The molecule has 0 N–H and O–H groups in total. The van der Waals surface area contributed by atoms with Gasteiger partial charge < -0.3 is 9.47 Å². The van der Waals surface area contributed by atoms with Crippen LogP contribution in [0.5, 0.6) is 0 Å². The van der Waals surface area contributed by atoms with Crippen molar-refractivity contribution in [3.8, 4) is 0 Å². The highest BCUT2D eigenvalue weighted by atomic mass is 16.5. The van der Waals surface area contributed by atoms with E-state index in [9.17, 15) is 14.4 Å². The maximum Gasteiger partial charge on any atom is 0.323 e. The minimum atomic E-state index is -1.23. The zero-order chi connectivity index (χ0) is 14.3. The lowest BCUT2D eigenvalue weighted by molar-refractivity contribution is -0.156. The van der Waals surface area contributed by atoms with E-state index in [0.29, 0.717) is 5.56 Å². The Bertz CT molecular complexity index is 474. The van der Waals surface area contributed by atoms with E-state index in [0.717, 1.165) is 20.3 Å². The van der Waals surface area contributed by atoms with E-state index in [2.05, 4.69) is 9.47 Å². The zero-order valence-electron chi connectivity index (χ0n) is 10.7. The van der Waals surface area contributed by atoms with E-state index in [1.54, 1.807) is 30.3 Å². The highest BCUT2D eigenvalue weighted by Gasteiger charge is 2.25. The molecule has 19 heavy (non-hydrogen) atoms. The molecule has 0 bridgehead atoms. The standard InChI is InChI=1S/C14H14O5/c1-18-13(16)11(14(17)19-2)8-9-12(15)10-6-4-3-5-7-10/h3-9,11H,1-2H3/b9-8+. The summed E-state index contributed by atoms with van der Waals surface area (Å²) in [5.41, 5.74) is 0.465. The Morgan fingerprint density at radius 3 is 2.00 bits per heavy atom. The molecule has 0 saturated carbocycles. The van der Waals surface area contributed by atoms with Crippen molar-refractivity contribution in [1.82, 2.24) is 0 Å². The van der Waals surface area contributed by atoms with Crippen molar-refractivity contribution < 1.29 is 23.9 Å². The van der Waals surface area contributed by atoms with Gasteiger partial charge in [-0.2, -0.15) is 0 Å². The van der Waals surface area contributed by atoms with Gasteiger partial charge in [-0.3, -0.25) is 14.4 Å². The van der Waals surface area contributed by atoms with Crippen molar-refractivity contribution in [2.24, 2.45) is 5.92 Å². The third-order valence-corrected chi connectivity index (χ3v) is 2.41. The second-order valence-electron chi connectivity index (χ2n) is 3.61. The van der Waals surface area contributed by atoms with Gasteiger partial charge in [0.2, 0.25) is 0 Å². The fraction of sp³-hybridized carbons (Fsp3) is 0.214. The first-order chi connectivity index (χ1) is 9.10. The summed E-state index contributed by atoms with van der Waals surface area (Å²) >= 11 is 0. The van der Waals surface area contributed by atoms with Crippen LogP contribution in [0.3, 0.4) is 0 Å². The molecule has 100 valence electrons. The Labute approximate surface area is 110 Å². The molecule has 0 aromatic heterocycles. The first-order valence-electron chi connectivity index (χ1n) is 5.53. The summed E-state index contributed by atoms with van der Waals surface area (Å²) in [4.78, 5) is 34.5. The van der Waals surface area contributed by atoms with Gasteiger partial charge in [0.25, 0.3) is 0 Å². The monoisotopic (exact) mass is 262 g/mol. The van der Waals surface area contributed by atoms with Gasteiger partial charge in [-0.25, -0.2) is 0 Å². The minimum Gasteiger partial charge on any atom is -0.468 e. The average Bonchev–Trinajstić information content (AvgIpc) is 2.47. The second kappa shape index (κ2) is 7.10. The van der Waals surface area contributed by atoms with Crippen molar-refractivity contribution in [3.63, 3.8) is 0 Å². The smallest absolute Gasteiger partial charge is 0.323 e.